The number of amides is 1. The molecule has 1 aromatic carbocycles. The average molecular weight is 502 g/mol. The molecule has 1 fully saturated rings. The van der Waals surface area contributed by atoms with Gasteiger partial charge in [-0.2, -0.15) is 0 Å². The minimum Gasteiger partial charge on any atom is -0.324 e. The van der Waals surface area contributed by atoms with Gasteiger partial charge in [-0.05, 0) is 43.2 Å². The number of sulfone groups is 1. The number of benzene rings is 1. The van der Waals surface area contributed by atoms with Crippen LogP contribution in [0.1, 0.15) is 34.6 Å². The van der Waals surface area contributed by atoms with E-state index in [4.69, 9.17) is 23.1 Å². The fraction of sp³-hybridized carbons (Fsp3) is 0.318. The molecule has 8 nitrogen and oxygen atoms in total. The summed E-state index contributed by atoms with van der Waals surface area (Å²) in [6, 6.07) is 8.23. The zero-order chi connectivity index (χ0) is 23.6. The Bertz CT molecular complexity index is 1480. The lowest BCUT2D eigenvalue weighted by molar-refractivity contribution is 0.0581. The van der Waals surface area contributed by atoms with E-state index in [0.717, 1.165) is 21.5 Å². The topological polar surface area (TPSA) is 141 Å². The summed E-state index contributed by atoms with van der Waals surface area (Å²) in [7, 11) is -3.54. The van der Waals surface area contributed by atoms with Crippen molar-refractivity contribution in [2.45, 2.75) is 35.5 Å². The number of nitrogens with zero attached hydrogens (tertiary/aromatic N) is 2. The molecular formula is C22H20ClN5O3S2. The molecule has 33 heavy (non-hydrogen) atoms. The summed E-state index contributed by atoms with van der Waals surface area (Å²) in [6.07, 6.45) is 3.83. The highest BCUT2D eigenvalue weighted by molar-refractivity contribution is 7.90. The van der Waals surface area contributed by atoms with E-state index in [2.05, 4.69) is 27.1 Å². The molecule has 2 aromatic heterocycles. The molecule has 5 rings (SSSR count). The summed E-state index contributed by atoms with van der Waals surface area (Å²) in [5.74, 6) is 5.65. The molecule has 0 aliphatic heterocycles. The summed E-state index contributed by atoms with van der Waals surface area (Å²) in [5, 5.41) is 4.01. The minimum atomic E-state index is -3.54. The van der Waals surface area contributed by atoms with Gasteiger partial charge < -0.3 is 11.1 Å². The predicted molar refractivity (Wildman–Crippen MR) is 126 cm³/mol. The number of carbonyl (C=O) groups excluding carboxylic acids is 1. The molecule has 1 spiro atoms. The van der Waals surface area contributed by atoms with E-state index >= 15 is 0 Å². The number of halogens is 1. The average Bonchev–Trinajstić information content (AvgIpc) is 3.28. The number of pyridine rings is 1. The van der Waals surface area contributed by atoms with Gasteiger partial charge in [-0.1, -0.05) is 23.4 Å². The minimum absolute atomic E-state index is 0.146. The Morgan fingerprint density at radius 2 is 1.94 bits per heavy atom. The van der Waals surface area contributed by atoms with Crippen LogP contribution in [0.4, 0.5) is 0 Å². The van der Waals surface area contributed by atoms with Crippen molar-refractivity contribution in [1.29, 1.82) is 0 Å². The van der Waals surface area contributed by atoms with Crippen LogP contribution in [0.25, 0.3) is 10.2 Å². The Morgan fingerprint density at radius 3 is 2.67 bits per heavy atom. The van der Waals surface area contributed by atoms with E-state index in [0.29, 0.717) is 24.3 Å². The monoisotopic (exact) mass is 501 g/mol. The smallest absolute Gasteiger partial charge is 0.253 e. The maximum atomic E-state index is 12.8. The first-order chi connectivity index (χ1) is 15.4. The molecule has 0 saturated heterocycles. The Hall–Kier alpha value is -2.55. The number of hydrogen-bond donors (Lipinski definition) is 3. The van der Waals surface area contributed by atoms with Gasteiger partial charge in [0.05, 0.1) is 15.8 Å². The second-order valence-electron chi connectivity index (χ2n) is 8.93. The summed E-state index contributed by atoms with van der Waals surface area (Å²) in [6.45, 7) is 0. The first kappa shape index (κ1) is 22.3. The highest BCUT2D eigenvalue weighted by atomic mass is 35.5. The first-order valence-electron chi connectivity index (χ1n) is 10.1. The third-order valence-corrected chi connectivity index (χ3v) is 8.44. The number of aromatic nitrogens is 2. The lowest BCUT2D eigenvalue weighted by atomic mass is 9.57. The van der Waals surface area contributed by atoms with E-state index in [9.17, 15) is 13.2 Å². The van der Waals surface area contributed by atoms with Gasteiger partial charge in [-0.15, -0.1) is 11.3 Å². The van der Waals surface area contributed by atoms with Crippen LogP contribution in [0.15, 0.2) is 41.6 Å². The van der Waals surface area contributed by atoms with Crippen molar-refractivity contribution >= 4 is 48.9 Å². The zero-order valence-electron chi connectivity index (χ0n) is 17.6. The van der Waals surface area contributed by atoms with Gasteiger partial charge in [0.2, 0.25) is 0 Å². The molecule has 1 atom stereocenters. The fourth-order valence-electron chi connectivity index (χ4n) is 4.60. The largest absolute Gasteiger partial charge is 0.324 e. The molecule has 0 unspecified atom stereocenters. The Labute approximate surface area is 199 Å². The van der Waals surface area contributed by atoms with Crippen molar-refractivity contribution in [3.8, 4) is 11.8 Å². The number of hydrogen-bond acceptors (Lipinski definition) is 8. The van der Waals surface area contributed by atoms with Gasteiger partial charge in [0, 0.05) is 34.9 Å². The van der Waals surface area contributed by atoms with E-state index in [1.807, 2.05) is 18.2 Å². The molecule has 5 N–H and O–H groups in total. The molecule has 3 aromatic rings. The highest BCUT2D eigenvalue weighted by Crippen LogP contribution is 2.57. The highest BCUT2D eigenvalue weighted by Gasteiger charge is 2.58. The van der Waals surface area contributed by atoms with Gasteiger partial charge in [0.1, 0.15) is 5.01 Å². The molecule has 1 saturated carbocycles. The van der Waals surface area contributed by atoms with Crippen LogP contribution < -0.4 is 16.8 Å². The number of rotatable bonds is 4. The van der Waals surface area contributed by atoms with Crippen LogP contribution in [-0.2, 0) is 15.4 Å². The van der Waals surface area contributed by atoms with Gasteiger partial charge in [-0.3, -0.25) is 10.5 Å². The van der Waals surface area contributed by atoms with Crippen LogP contribution in [-0.4, -0.2) is 36.2 Å². The molecule has 2 heterocycles. The standard InChI is InChI=1S/C22H20ClN5O3S2/c1-33(30,31)17-8-13(4-7-26-17)18(29)28-22(25)6-5-20(12-22)10-21(24,11-20)19-27-15-9-14(23)2-3-16(15)32-19/h2-4,7-9H,10-12,24-25H2,1H3,(H,28,29)/t20-,21-,22-/m0/s1. The lowest BCUT2D eigenvalue weighted by Gasteiger charge is -2.50. The van der Waals surface area contributed by atoms with Gasteiger partial charge in [0.25, 0.3) is 5.91 Å². The van der Waals surface area contributed by atoms with E-state index < -0.39 is 32.4 Å². The van der Waals surface area contributed by atoms with E-state index in [-0.39, 0.29) is 10.6 Å². The first-order valence-corrected chi connectivity index (χ1v) is 13.1. The van der Waals surface area contributed by atoms with Crippen molar-refractivity contribution in [2.75, 3.05) is 6.26 Å². The number of nitrogens with two attached hydrogens (primary N) is 2. The van der Waals surface area contributed by atoms with E-state index in [1.54, 1.807) is 11.3 Å². The van der Waals surface area contributed by atoms with Gasteiger partial charge in [0.15, 0.2) is 20.5 Å². The van der Waals surface area contributed by atoms with Gasteiger partial charge >= 0.3 is 0 Å². The quantitative estimate of drug-likeness (QED) is 0.367. The third kappa shape index (κ3) is 4.00. The van der Waals surface area contributed by atoms with Crippen LogP contribution in [0, 0.1) is 17.3 Å². The number of fused-ring (bicyclic) bond motifs is 1. The molecule has 2 aliphatic carbocycles. The summed E-state index contributed by atoms with van der Waals surface area (Å²) in [4.78, 5) is 21.2. The second kappa shape index (κ2) is 7.22. The number of nitrogens with one attached hydrogen (secondary N) is 1. The van der Waals surface area contributed by atoms with Crippen LogP contribution in [0.2, 0.25) is 5.02 Å². The van der Waals surface area contributed by atoms with Crippen molar-refractivity contribution < 1.29 is 13.2 Å². The summed E-state index contributed by atoms with van der Waals surface area (Å²) in [5.41, 5.74) is 11.8. The normalized spacial score (nSPS) is 28.4. The zero-order valence-corrected chi connectivity index (χ0v) is 19.9. The van der Waals surface area contributed by atoms with Crippen molar-refractivity contribution in [3.05, 3.63) is 52.1 Å². The maximum absolute atomic E-state index is 12.8. The van der Waals surface area contributed by atoms with Crippen molar-refractivity contribution in [3.63, 3.8) is 0 Å². The molecule has 2 aliphatic rings. The predicted octanol–water partition coefficient (Wildman–Crippen LogP) is 2.17. The fourth-order valence-corrected chi connectivity index (χ4v) is 6.41. The van der Waals surface area contributed by atoms with Crippen molar-refractivity contribution in [1.82, 2.24) is 15.3 Å². The summed E-state index contributed by atoms with van der Waals surface area (Å²) < 4.78 is 24.5. The molecule has 1 amide bonds. The number of thiazole rings is 1. The summed E-state index contributed by atoms with van der Waals surface area (Å²) >= 11 is 7.61. The van der Waals surface area contributed by atoms with Crippen molar-refractivity contribution in [2.24, 2.45) is 16.9 Å². The van der Waals surface area contributed by atoms with E-state index in [1.165, 1.54) is 18.3 Å². The molecule has 0 radical (unpaired) electrons. The lowest BCUT2D eigenvalue weighted by Crippen LogP contribution is -2.60. The van der Waals surface area contributed by atoms with Crippen LogP contribution in [0.3, 0.4) is 0 Å². The number of carbonyl (C=O) groups is 1. The maximum Gasteiger partial charge on any atom is 0.253 e. The van der Waals surface area contributed by atoms with Gasteiger partial charge in [-0.25, -0.2) is 18.4 Å². The Balaban J connectivity index is 1.30. The van der Waals surface area contributed by atoms with Crippen LogP contribution in [0.5, 0.6) is 0 Å². The molecule has 0 bridgehead atoms. The SMILES string of the molecule is CS(=O)(=O)c1cc(C(=O)N[C@@]2(N)C#C[C@]3(C2)C[C@@](N)(c2nc4cc(Cl)ccc4s2)C3)ccn1. The Morgan fingerprint density at radius 1 is 1.18 bits per heavy atom. The molecule has 170 valence electrons. The van der Waals surface area contributed by atoms with Crippen LogP contribution >= 0.6 is 22.9 Å². The third-order valence-electron chi connectivity index (χ3n) is 5.96. The molecular weight excluding hydrogens is 482 g/mol. The second-order valence-corrected chi connectivity index (χ2v) is 12.4. The Kier molecular flexibility index (Phi) is 4.87. The molecule has 11 heteroatoms.